The molecule has 2 atom stereocenters. The molecular weight excluding hydrogens is 498 g/mol. The van der Waals surface area contributed by atoms with Gasteiger partial charge in [0.15, 0.2) is 5.17 Å². The molecule has 0 radical (unpaired) electrons. The molecule has 7 nitrogen and oxygen atoms in total. The van der Waals surface area contributed by atoms with Gasteiger partial charge in [-0.2, -0.15) is 0 Å². The minimum absolute atomic E-state index is 0.0628. The fourth-order valence-corrected chi connectivity index (χ4v) is 5.88. The Morgan fingerprint density at radius 3 is 2.67 bits per heavy atom. The predicted octanol–water partition coefficient (Wildman–Crippen LogP) is 7.69. The lowest BCUT2D eigenvalue weighted by Gasteiger charge is -2.35. The molecule has 0 bridgehead atoms. The van der Waals surface area contributed by atoms with Gasteiger partial charge in [-0.15, -0.1) is 0 Å². The van der Waals surface area contributed by atoms with E-state index in [4.69, 9.17) is 21.0 Å². The van der Waals surface area contributed by atoms with Crippen LogP contribution in [0.25, 0.3) is 17.4 Å². The molecule has 36 heavy (non-hydrogen) atoms. The molecule has 1 aliphatic heterocycles. The number of nitrogens with zero attached hydrogens (tertiary/aromatic N) is 3. The second-order valence-corrected chi connectivity index (χ2v) is 10.4. The summed E-state index contributed by atoms with van der Waals surface area (Å²) in [7, 11) is 0. The molecule has 1 amide bonds. The first-order valence-electron chi connectivity index (χ1n) is 11.8. The summed E-state index contributed by atoms with van der Waals surface area (Å²) in [6, 6.07) is 17.7. The summed E-state index contributed by atoms with van der Waals surface area (Å²) in [5.74, 6) is 1.25. The third-order valence-corrected chi connectivity index (χ3v) is 7.85. The highest BCUT2D eigenvalue weighted by Gasteiger charge is 2.41. The van der Waals surface area contributed by atoms with Crippen molar-refractivity contribution < 1.29 is 14.1 Å². The second-order valence-electron chi connectivity index (χ2n) is 8.97. The molecule has 9 heteroatoms. The molecular formula is C27H24ClN3O4S. The van der Waals surface area contributed by atoms with Crippen molar-refractivity contribution in [3.05, 3.63) is 86.5 Å². The number of hydrogen-bond acceptors (Lipinski definition) is 6. The number of aliphatic imine (C=N–C) groups is 1. The Kier molecular flexibility index (Phi) is 6.98. The van der Waals surface area contributed by atoms with Gasteiger partial charge in [-0.05, 0) is 66.9 Å². The Morgan fingerprint density at radius 2 is 1.92 bits per heavy atom. The predicted molar refractivity (Wildman–Crippen MR) is 143 cm³/mol. The SMILES string of the molecule is C[C@H]1CCCC[C@@H]1N1C(=O)/C(=C/c2ccc(-c3ccc(Cl)c([N+](=O)[O-])c3)o2)SC1=Nc1ccccc1. The van der Waals surface area contributed by atoms with E-state index in [0.717, 1.165) is 24.9 Å². The standard InChI is InChI=1S/C27H24ClN3O4S/c1-17-7-5-6-10-22(17)30-26(32)25(36-27(30)29-19-8-3-2-4-9-19)16-20-12-14-24(35-20)18-11-13-21(28)23(15-18)31(33)34/h2-4,8-9,11-17,22H,5-7,10H2,1H3/b25-16-,29-27?/t17-,22-/m0/s1. The Balaban J connectivity index is 1.47. The zero-order valence-electron chi connectivity index (χ0n) is 19.6. The normalized spacial score (nSPS) is 22.5. The van der Waals surface area contributed by atoms with E-state index >= 15 is 0 Å². The maximum absolute atomic E-state index is 13.6. The van der Waals surface area contributed by atoms with Gasteiger partial charge in [0.05, 0.1) is 15.5 Å². The third-order valence-electron chi connectivity index (χ3n) is 6.54. The van der Waals surface area contributed by atoms with E-state index in [-0.39, 0.29) is 22.7 Å². The molecule has 1 saturated heterocycles. The van der Waals surface area contributed by atoms with Crippen molar-refractivity contribution in [3.63, 3.8) is 0 Å². The molecule has 0 unspecified atom stereocenters. The van der Waals surface area contributed by atoms with Crippen LogP contribution < -0.4 is 0 Å². The number of halogens is 1. The lowest BCUT2D eigenvalue weighted by atomic mass is 9.85. The van der Waals surface area contributed by atoms with Crippen LogP contribution in [0.5, 0.6) is 0 Å². The summed E-state index contributed by atoms with van der Waals surface area (Å²) in [5, 5.41) is 12.0. The second kappa shape index (κ2) is 10.3. The largest absolute Gasteiger partial charge is 0.457 e. The first-order chi connectivity index (χ1) is 17.4. The average molecular weight is 522 g/mol. The molecule has 1 saturated carbocycles. The number of amides is 1. The number of hydrogen-bond donors (Lipinski definition) is 0. The van der Waals surface area contributed by atoms with Crippen LogP contribution in [0.4, 0.5) is 11.4 Å². The van der Waals surface area contributed by atoms with Crippen molar-refractivity contribution in [3.8, 4) is 11.3 Å². The molecule has 2 aromatic carbocycles. The van der Waals surface area contributed by atoms with Gasteiger partial charge in [0, 0.05) is 23.7 Å². The first kappa shape index (κ1) is 24.3. The summed E-state index contributed by atoms with van der Waals surface area (Å²) in [6.07, 6.45) is 6.03. The number of nitro groups is 1. The van der Waals surface area contributed by atoms with Crippen molar-refractivity contribution in [1.29, 1.82) is 0 Å². The van der Waals surface area contributed by atoms with Crippen molar-refractivity contribution in [2.45, 2.75) is 38.6 Å². The van der Waals surface area contributed by atoms with E-state index in [1.807, 2.05) is 35.2 Å². The number of carbonyl (C=O) groups excluding carboxylic acids is 1. The lowest BCUT2D eigenvalue weighted by molar-refractivity contribution is -0.384. The van der Waals surface area contributed by atoms with Crippen molar-refractivity contribution in [2.24, 2.45) is 10.9 Å². The quantitative estimate of drug-likeness (QED) is 0.195. The van der Waals surface area contributed by atoms with Gasteiger partial charge in [-0.25, -0.2) is 4.99 Å². The van der Waals surface area contributed by atoms with Crippen molar-refractivity contribution in [1.82, 2.24) is 4.90 Å². The summed E-state index contributed by atoms with van der Waals surface area (Å²) in [5.41, 5.74) is 1.14. The molecule has 5 rings (SSSR count). The van der Waals surface area contributed by atoms with Gasteiger partial charge in [0.1, 0.15) is 16.5 Å². The monoisotopic (exact) mass is 521 g/mol. The average Bonchev–Trinajstić information content (AvgIpc) is 3.45. The molecule has 2 fully saturated rings. The Labute approximate surface area is 218 Å². The van der Waals surface area contributed by atoms with E-state index in [9.17, 15) is 14.9 Å². The number of benzene rings is 2. The number of amidine groups is 1. The number of para-hydroxylation sites is 1. The van der Waals surface area contributed by atoms with E-state index in [2.05, 4.69) is 6.92 Å². The van der Waals surface area contributed by atoms with Crippen LogP contribution in [0, 0.1) is 16.0 Å². The minimum atomic E-state index is -0.528. The molecule has 0 spiro atoms. The highest BCUT2D eigenvalue weighted by atomic mass is 35.5. The first-order valence-corrected chi connectivity index (χ1v) is 13.0. The fourth-order valence-electron chi connectivity index (χ4n) is 4.67. The molecule has 2 heterocycles. The Bertz CT molecular complexity index is 1370. The topological polar surface area (TPSA) is 89.0 Å². The molecule has 1 aromatic heterocycles. The number of rotatable bonds is 5. The van der Waals surface area contributed by atoms with Crippen LogP contribution in [0.15, 0.2) is 75.0 Å². The molecule has 184 valence electrons. The van der Waals surface area contributed by atoms with Gasteiger partial charge in [-0.1, -0.05) is 49.6 Å². The summed E-state index contributed by atoms with van der Waals surface area (Å²) in [6.45, 7) is 2.20. The smallest absolute Gasteiger partial charge is 0.288 e. The highest BCUT2D eigenvalue weighted by molar-refractivity contribution is 8.18. The van der Waals surface area contributed by atoms with Gasteiger partial charge < -0.3 is 4.42 Å². The summed E-state index contributed by atoms with van der Waals surface area (Å²) >= 11 is 7.28. The molecule has 3 aromatic rings. The highest BCUT2D eigenvalue weighted by Crippen LogP contribution is 2.40. The number of carbonyl (C=O) groups is 1. The van der Waals surface area contributed by atoms with Crippen LogP contribution in [-0.4, -0.2) is 26.9 Å². The van der Waals surface area contributed by atoms with Crippen molar-refractivity contribution >= 4 is 51.9 Å². The van der Waals surface area contributed by atoms with Crippen LogP contribution in [0.2, 0.25) is 5.02 Å². The number of thioether (sulfide) groups is 1. The van der Waals surface area contributed by atoms with Crippen LogP contribution >= 0.6 is 23.4 Å². The van der Waals surface area contributed by atoms with Gasteiger partial charge in [0.2, 0.25) is 0 Å². The van der Waals surface area contributed by atoms with E-state index in [0.29, 0.717) is 33.1 Å². The minimum Gasteiger partial charge on any atom is -0.457 e. The number of furan rings is 1. The van der Waals surface area contributed by atoms with Gasteiger partial charge >= 0.3 is 0 Å². The van der Waals surface area contributed by atoms with Gasteiger partial charge in [-0.3, -0.25) is 19.8 Å². The number of nitro benzene ring substituents is 1. The van der Waals surface area contributed by atoms with E-state index in [1.54, 1.807) is 24.3 Å². The van der Waals surface area contributed by atoms with Crippen LogP contribution in [0.3, 0.4) is 0 Å². The molecule has 2 aliphatic rings. The zero-order chi connectivity index (χ0) is 25.2. The lowest BCUT2D eigenvalue weighted by Crippen LogP contribution is -2.44. The maximum atomic E-state index is 13.6. The van der Waals surface area contributed by atoms with Crippen LogP contribution in [-0.2, 0) is 4.79 Å². The van der Waals surface area contributed by atoms with E-state index in [1.165, 1.54) is 30.3 Å². The summed E-state index contributed by atoms with van der Waals surface area (Å²) < 4.78 is 5.94. The third kappa shape index (κ3) is 4.96. The maximum Gasteiger partial charge on any atom is 0.288 e. The van der Waals surface area contributed by atoms with Crippen molar-refractivity contribution in [2.75, 3.05) is 0 Å². The molecule has 0 N–H and O–H groups in total. The summed E-state index contributed by atoms with van der Waals surface area (Å²) in [4.78, 5) is 31.5. The van der Waals surface area contributed by atoms with Crippen LogP contribution in [0.1, 0.15) is 38.4 Å². The zero-order valence-corrected chi connectivity index (χ0v) is 21.2. The van der Waals surface area contributed by atoms with Gasteiger partial charge in [0.25, 0.3) is 11.6 Å². The molecule has 1 aliphatic carbocycles. The fraction of sp³-hybridized carbons (Fsp3) is 0.259. The van der Waals surface area contributed by atoms with E-state index < -0.39 is 4.92 Å². The Morgan fingerprint density at radius 1 is 1.14 bits per heavy atom. The Hall–Kier alpha value is -3.36.